The van der Waals surface area contributed by atoms with Gasteiger partial charge in [-0.3, -0.25) is 24.0 Å². The Morgan fingerprint density at radius 3 is 2.57 bits per heavy atom. The zero-order valence-corrected chi connectivity index (χ0v) is 24.6. The van der Waals surface area contributed by atoms with Crippen LogP contribution < -0.4 is 26.8 Å². The molecule has 1 atom stereocenters. The lowest BCUT2D eigenvalue weighted by atomic mass is 9.50. The lowest BCUT2D eigenvalue weighted by Crippen LogP contribution is -2.68. The fraction of sp³-hybridized carbons (Fsp3) is 0.516. The molecule has 0 radical (unpaired) electrons. The third-order valence-electron chi connectivity index (χ3n) is 7.91. The first-order valence-electron chi connectivity index (χ1n) is 14.7. The number of hydrogen-bond acceptors (Lipinski definition) is 6. The molecule has 0 aliphatic heterocycles. The van der Waals surface area contributed by atoms with Crippen LogP contribution in [-0.2, 0) is 20.9 Å². The van der Waals surface area contributed by atoms with E-state index in [4.69, 9.17) is 4.42 Å². The molecule has 2 aromatic rings. The molecule has 4 N–H and O–H groups in total. The van der Waals surface area contributed by atoms with E-state index in [0.29, 0.717) is 36.0 Å². The van der Waals surface area contributed by atoms with Crippen molar-refractivity contribution in [2.24, 2.45) is 5.92 Å². The van der Waals surface area contributed by atoms with Crippen LogP contribution in [0.25, 0.3) is 0 Å². The zero-order chi connectivity index (χ0) is 30.3. The van der Waals surface area contributed by atoms with Gasteiger partial charge in [0, 0.05) is 18.3 Å². The number of rotatable bonds is 15. The summed E-state index contributed by atoms with van der Waals surface area (Å²) < 4.78 is 6.71. The molecule has 42 heavy (non-hydrogen) atoms. The van der Waals surface area contributed by atoms with Crippen molar-refractivity contribution < 1.29 is 23.6 Å². The number of carbonyl (C=O) groups is 4. The van der Waals surface area contributed by atoms with Crippen LogP contribution in [0.3, 0.4) is 0 Å². The van der Waals surface area contributed by atoms with Crippen LogP contribution in [0.15, 0.2) is 45.8 Å². The summed E-state index contributed by atoms with van der Waals surface area (Å²) in [4.78, 5) is 64.0. The third kappa shape index (κ3) is 7.77. The van der Waals surface area contributed by atoms with Crippen molar-refractivity contribution in [2.45, 2.75) is 90.3 Å². The molecule has 2 aromatic heterocycles. The summed E-state index contributed by atoms with van der Waals surface area (Å²) >= 11 is 0. The normalized spacial score (nSPS) is 19.4. The van der Waals surface area contributed by atoms with Gasteiger partial charge in [-0.15, -0.1) is 0 Å². The van der Waals surface area contributed by atoms with E-state index in [1.807, 2.05) is 0 Å². The number of amides is 4. The number of pyridine rings is 1. The number of unbranched alkanes of at least 4 members (excludes halogenated alkanes) is 2. The quantitative estimate of drug-likeness (QED) is 0.188. The van der Waals surface area contributed by atoms with E-state index >= 15 is 0 Å². The van der Waals surface area contributed by atoms with Crippen LogP contribution >= 0.6 is 0 Å². The van der Waals surface area contributed by atoms with Crippen molar-refractivity contribution in [1.82, 2.24) is 20.5 Å². The minimum absolute atomic E-state index is 0.00241. The molecule has 3 fully saturated rings. The molecule has 0 saturated heterocycles. The van der Waals surface area contributed by atoms with Gasteiger partial charge < -0.3 is 30.3 Å². The fourth-order valence-electron chi connectivity index (χ4n) is 5.56. The number of hydrogen-bond donors (Lipinski definition) is 4. The van der Waals surface area contributed by atoms with E-state index in [9.17, 15) is 24.0 Å². The Bertz CT molecular complexity index is 1390. The highest BCUT2D eigenvalue weighted by Crippen LogP contribution is 2.56. The highest BCUT2D eigenvalue weighted by molar-refractivity contribution is 6.01. The lowest BCUT2D eigenvalue weighted by molar-refractivity contribution is -0.133. The molecule has 2 bridgehead atoms. The van der Waals surface area contributed by atoms with E-state index in [2.05, 4.69) is 28.2 Å². The first-order chi connectivity index (χ1) is 20.1. The number of furan rings is 1. The topological polar surface area (TPSA) is 152 Å². The number of nitrogens with zero attached hydrogens (tertiary/aromatic N) is 1. The number of anilines is 1. The Morgan fingerprint density at radius 1 is 1.17 bits per heavy atom. The molecule has 0 spiro atoms. The summed E-state index contributed by atoms with van der Waals surface area (Å²) in [5.74, 6) is 0.162. The Labute approximate surface area is 245 Å². The molecule has 5 rings (SSSR count). The Kier molecular flexibility index (Phi) is 10.0. The maximum atomic E-state index is 13.3. The molecular weight excluding hydrogens is 538 g/mol. The Morgan fingerprint density at radius 2 is 1.93 bits per heavy atom. The van der Waals surface area contributed by atoms with Gasteiger partial charge in [0.05, 0.1) is 5.56 Å². The van der Waals surface area contributed by atoms with Crippen molar-refractivity contribution in [3.8, 4) is 0 Å². The number of aromatic nitrogens is 1. The van der Waals surface area contributed by atoms with Crippen LogP contribution in [0.5, 0.6) is 0 Å². The molecule has 0 unspecified atom stereocenters. The zero-order valence-electron chi connectivity index (χ0n) is 24.6. The molecule has 2 heterocycles. The fourth-order valence-corrected chi connectivity index (χ4v) is 5.56. The highest BCUT2D eigenvalue weighted by Gasteiger charge is 2.57. The maximum Gasteiger partial charge on any atom is 0.274 e. The van der Waals surface area contributed by atoms with Gasteiger partial charge in [0.25, 0.3) is 11.5 Å². The van der Waals surface area contributed by atoms with Crippen LogP contribution in [0.2, 0.25) is 0 Å². The van der Waals surface area contributed by atoms with E-state index in [-0.39, 0.29) is 36.0 Å². The average Bonchev–Trinajstić information content (AvgIpc) is 3.25. The number of allylic oxidation sites excluding steroid dienone is 1. The van der Waals surface area contributed by atoms with Gasteiger partial charge >= 0.3 is 0 Å². The summed E-state index contributed by atoms with van der Waals surface area (Å²) in [6.45, 7) is 5.92. The van der Waals surface area contributed by atoms with E-state index < -0.39 is 23.4 Å². The second kappa shape index (κ2) is 13.7. The maximum absolute atomic E-state index is 13.3. The predicted molar refractivity (Wildman–Crippen MR) is 158 cm³/mol. The van der Waals surface area contributed by atoms with Crippen LogP contribution in [0, 0.1) is 19.8 Å². The van der Waals surface area contributed by atoms with Crippen LogP contribution in [0.4, 0.5) is 5.69 Å². The minimum Gasteiger partial charge on any atom is -0.466 e. The van der Waals surface area contributed by atoms with Crippen molar-refractivity contribution in [1.29, 1.82) is 0 Å². The first-order valence-corrected chi connectivity index (χ1v) is 14.7. The molecule has 3 aliphatic rings. The van der Waals surface area contributed by atoms with Gasteiger partial charge in [0.2, 0.25) is 17.7 Å². The number of nitrogens with one attached hydrogen (secondary N) is 4. The summed E-state index contributed by atoms with van der Waals surface area (Å²) in [7, 11) is 0. The third-order valence-corrected chi connectivity index (χ3v) is 7.91. The van der Waals surface area contributed by atoms with E-state index in [1.54, 1.807) is 32.1 Å². The molecule has 226 valence electrons. The van der Waals surface area contributed by atoms with Gasteiger partial charge in [-0.25, -0.2) is 0 Å². The minimum atomic E-state index is -1.01. The van der Waals surface area contributed by atoms with E-state index in [0.717, 1.165) is 38.5 Å². The molecule has 11 heteroatoms. The Hall–Kier alpha value is -4.15. The van der Waals surface area contributed by atoms with Crippen molar-refractivity contribution in [2.75, 3.05) is 11.9 Å². The van der Waals surface area contributed by atoms with E-state index in [1.165, 1.54) is 22.9 Å². The second-order valence-corrected chi connectivity index (χ2v) is 11.5. The largest absolute Gasteiger partial charge is 0.466 e. The van der Waals surface area contributed by atoms with Crippen molar-refractivity contribution in [3.63, 3.8) is 0 Å². The van der Waals surface area contributed by atoms with Gasteiger partial charge in [-0.05, 0) is 82.6 Å². The summed E-state index contributed by atoms with van der Waals surface area (Å²) in [5.41, 5.74) is -0.315. The van der Waals surface area contributed by atoms with Crippen LogP contribution in [0.1, 0.15) is 80.2 Å². The molecular formula is C31H41N5O6. The number of carbonyl (C=O) groups excluding carboxylic acids is 4. The van der Waals surface area contributed by atoms with Gasteiger partial charge in [0.1, 0.15) is 29.8 Å². The van der Waals surface area contributed by atoms with Crippen molar-refractivity contribution in [3.05, 3.63) is 64.0 Å². The molecule has 4 amide bonds. The first kappa shape index (κ1) is 30.8. The monoisotopic (exact) mass is 579 g/mol. The number of aryl methyl sites for hydroxylation is 2. The molecule has 11 nitrogen and oxygen atoms in total. The van der Waals surface area contributed by atoms with Crippen LogP contribution in [-0.4, -0.2) is 46.3 Å². The highest BCUT2D eigenvalue weighted by atomic mass is 16.3. The Balaban J connectivity index is 1.39. The van der Waals surface area contributed by atoms with Gasteiger partial charge in [-0.2, -0.15) is 0 Å². The van der Waals surface area contributed by atoms with Gasteiger partial charge in [0.15, 0.2) is 0 Å². The second-order valence-electron chi connectivity index (χ2n) is 11.5. The molecule has 0 aromatic carbocycles. The van der Waals surface area contributed by atoms with Crippen molar-refractivity contribution >= 4 is 29.3 Å². The average molecular weight is 580 g/mol. The summed E-state index contributed by atoms with van der Waals surface area (Å²) in [6.07, 6.45) is 11.1. The summed E-state index contributed by atoms with van der Waals surface area (Å²) in [5, 5.41) is 11.2. The molecule has 3 saturated carbocycles. The van der Waals surface area contributed by atoms with Gasteiger partial charge in [-0.1, -0.05) is 25.8 Å². The standard InChI is InChI=1S/C31H41N5O6/c1-4-5-8-13-32-26(37)12-7-6-10-24(33-28(39)23-15-20(2)42-21(23)3)29(40)34-25-11-9-14-36(30(25)41)19-27(38)35-31-16-22(17-31)18-31/h7,9,11-12,14-15,22,24H,4-6,8,10,13,16-19H2,1-3H3,(H,32,37)(H,33,39)(H,34,40)(H,35,38)/b12-7+/t22?,24-,31?/m0/s1. The lowest BCUT2D eigenvalue weighted by Gasteiger charge is -2.61. The molecule has 3 aliphatic carbocycles. The SMILES string of the molecule is CCCCCNC(=O)/C=C/CC[C@H](NC(=O)c1cc(C)oc1C)C(=O)Nc1cccn(CC(=O)NC23CC(C2)C3)c1=O. The predicted octanol–water partition coefficient (Wildman–Crippen LogP) is 3.11. The summed E-state index contributed by atoms with van der Waals surface area (Å²) in [6, 6.07) is 3.63. The smallest absolute Gasteiger partial charge is 0.274 e.